The van der Waals surface area contributed by atoms with E-state index in [0.717, 1.165) is 11.1 Å². The Labute approximate surface area is 81.6 Å². The molecule has 0 unspecified atom stereocenters. The molecule has 0 spiro atoms. The first-order chi connectivity index (χ1) is 6.79. The highest BCUT2D eigenvalue weighted by Crippen LogP contribution is 2.18. The van der Waals surface area contributed by atoms with Gasteiger partial charge < -0.3 is 14.8 Å². The van der Waals surface area contributed by atoms with Crippen LogP contribution in [0.5, 0.6) is 0 Å². The Morgan fingerprint density at radius 3 is 3.00 bits per heavy atom. The summed E-state index contributed by atoms with van der Waals surface area (Å²) in [6.07, 6.45) is 0. The number of para-hydroxylation sites is 2. The highest BCUT2D eigenvalue weighted by molar-refractivity contribution is 5.74. The average molecular weight is 192 g/mol. The third kappa shape index (κ3) is 1.70. The van der Waals surface area contributed by atoms with Crippen molar-refractivity contribution in [3.63, 3.8) is 0 Å². The van der Waals surface area contributed by atoms with Gasteiger partial charge in [-0.15, -0.1) is 0 Å². The summed E-state index contributed by atoms with van der Waals surface area (Å²) < 4.78 is 5.41. The van der Waals surface area contributed by atoms with E-state index in [1.807, 2.05) is 31.2 Å². The van der Waals surface area contributed by atoms with Crippen molar-refractivity contribution in [2.45, 2.75) is 13.0 Å². The first-order valence-corrected chi connectivity index (χ1v) is 4.52. The van der Waals surface area contributed by atoms with Crippen LogP contribution in [0.25, 0.3) is 11.1 Å². The van der Waals surface area contributed by atoms with Gasteiger partial charge in [-0.25, -0.2) is 0 Å². The number of nitrogens with one attached hydrogen (secondary N) is 1. The Bertz CT molecular complexity index is 392. The van der Waals surface area contributed by atoms with Crippen molar-refractivity contribution in [2.24, 2.45) is 0 Å². The number of rotatable bonds is 3. The topological polar surface area (TPSA) is 58.3 Å². The van der Waals surface area contributed by atoms with E-state index in [0.29, 0.717) is 6.01 Å². The minimum absolute atomic E-state index is 0.0527. The molecule has 0 saturated carbocycles. The summed E-state index contributed by atoms with van der Waals surface area (Å²) in [6.45, 7) is 1.91. The number of aliphatic hydroxyl groups excluding tert-OH is 1. The zero-order valence-electron chi connectivity index (χ0n) is 7.90. The minimum Gasteiger partial charge on any atom is -0.424 e. The molecular weight excluding hydrogens is 180 g/mol. The molecule has 2 aromatic rings. The third-order valence-corrected chi connectivity index (χ3v) is 1.94. The van der Waals surface area contributed by atoms with Crippen LogP contribution in [0.1, 0.15) is 6.92 Å². The van der Waals surface area contributed by atoms with Crippen molar-refractivity contribution in [3.8, 4) is 0 Å². The second-order valence-corrected chi connectivity index (χ2v) is 3.21. The fraction of sp³-hybridized carbons (Fsp3) is 0.300. The van der Waals surface area contributed by atoms with Crippen LogP contribution in [-0.2, 0) is 0 Å². The van der Waals surface area contributed by atoms with E-state index in [1.54, 1.807) is 0 Å². The minimum atomic E-state index is -0.0527. The standard InChI is InChI=1S/C10H12N2O2/c1-7(6-13)11-10-12-8-4-2-3-5-9(8)14-10/h2-5,7,13H,6H2,1H3,(H,11,12)/t7-/m0/s1. The van der Waals surface area contributed by atoms with Crippen molar-refractivity contribution in [2.75, 3.05) is 11.9 Å². The van der Waals surface area contributed by atoms with Crippen molar-refractivity contribution < 1.29 is 9.52 Å². The van der Waals surface area contributed by atoms with Gasteiger partial charge in [-0.3, -0.25) is 0 Å². The van der Waals surface area contributed by atoms with Crippen LogP contribution in [0.15, 0.2) is 28.7 Å². The number of benzene rings is 1. The molecule has 0 aliphatic heterocycles. The monoisotopic (exact) mass is 192 g/mol. The molecule has 4 nitrogen and oxygen atoms in total. The van der Waals surface area contributed by atoms with Crippen LogP contribution in [0.3, 0.4) is 0 Å². The highest BCUT2D eigenvalue weighted by Gasteiger charge is 2.06. The lowest BCUT2D eigenvalue weighted by atomic mass is 10.3. The number of aliphatic hydroxyl groups is 1. The zero-order chi connectivity index (χ0) is 9.97. The van der Waals surface area contributed by atoms with Gasteiger partial charge in [-0.1, -0.05) is 12.1 Å². The first kappa shape index (κ1) is 9.02. The molecule has 1 aromatic carbocycles. The lowest BCUT2D eigenvalue weighted by molar-refractivity contribution is 0.279. The van der Waals surface area contributed by atoms with Crippen LogP contribution in [0, 0.1) is 0 Å². The van der Waals surface area contributed by atoms with Crippen molar-refractivity contribution in [1.82, 2.24) is 4.98 Å². The third-order valence-electron chi connectivity index (χ3n) is 1.94. The van der Waals surface area contributed by atoms with Crippen molar-refractivity contribution in [3.05, 3.63) is 24.3 Å². The van der Waals surface area contributed by atoms with E-state index in [1.165, 1.54) is 0 Å². The predicted molar refractivity (Wildman–Crippen MR) is 54.2 cm³/mol. The number of nitrogens with zero attached hydrogens (tertiary/aromatic N) is 1. The summed E-state index contributed by atoms with van der Waals surface area (Å²) in [7, 11) is 0. The van der Waals surface area contributed by atoms with E-state index in [4.69, 9.17) is 9.52 Å². The quantitative estimate of drug-likeness (QED) is 0.775. The largest absolute Gasteiger partial charge is 0.424 e. The molecule has 2 rings (SSSR count). The van der Waals surface area contributed by atoms with E-state index in [2.05, 4.69) is 10.3 Å². The molecule has 74 valence electrons. The fourth-order valence-electron chi connectivity index (χ4n) is 1.19. The maximum Gasteiger partial charge on any atom is 0.295 e. The number of anilines is 1. The highest BCUT2D eigenvalue weighted by atomic mass is 16.4. The van der Waals surface area contributed by atoms with Gasteiger partial charge in [0.1, 0.15) is 5.52 Å². The summed E-state index contributed by atoms with van der Waals surface area (Å²) in [6, 6.07) is 7.94. The number of hydrogen-bond donors (Lipinski definition) is 2. The Hall–Kier alpha value is -1.55. The molecule has 0 aliphatic carbocycles. The van der Waals surface area contributed by atoms with Crippen LogP contribution in [0.2, 0.25) is 0 Å². The smallest absolute Gasteiger partial charge is 0.295 e. The second-order valence-electron chi connectivity index (χ2n) is 3.21. The lowest BCUT2D eigenvalue weighted by Crippen LogP contribution is -2.19. The maximum absolute atomic E-state index is 8.84. The van der Waals surface area contributed by atoms with Crippen LogP contribution < -0.4 is 5.32 Å². The molecular formula is C10H12N2O2. The van der Waals surface area contributed by atoms with E-state index >= 15 is 0 Å². The molecule has 2 N–H and O–H groups in total. The Morgan fingerprint density at radius 2 is 2.29 bits per heavy atom. The van der Waals surface area contributed by atoms with Gasteiger partial charge in [0, 0.05) is 0 Å². The molecule has 14 heavy (non-hydrogen) atoms. The molecule has 4 heteroatoms. The Morgan fingerprint density at radius 1 is 1.50 bits per heavy atom. The molecule has 0 saturated heterocycles. The summed E-state index contributed by atoms with van der Waals surface area (Å²) in [5.74, 6) is 0. The average Bonchev–Trinajstić information content (AvgIpc) is 2.59. The van der Waals surface area contributed by atoms with E-state index < -0.39 is 0 Å². The zero-order valence-corrected chi connectivity index (χ0v) is 7.90. The molecule has 0 amide bonds. The van der Waals surface area contributed by atoms with Gasteiger partial charge in [0.2, 0.25) is 0 Å². The normalized spacial score (nSPS) is 13.0. The van der Waals surface area contributed by atoms with E-state index in [9.17, 15) is 0 Å². The molecule has 0 fully saturated rings. The van der Waals surface area contributed by atoms with Gasteiger partial charge in [0.05, 0.1) is 12.6 Å². The maximum atomic E-state index is 8.84. The summed E-state index contributed by atoms with van der Waals surface area (Å²) >= 11 is 0. The lowest BCUT2D eigenvalue weighted by Gasteiger charge is -2.06. The molecule has 1 heterocycles. The summed E-state index contributed by atoms with van der Waals surface area (Å²) in [5.41, 5.74) is 1.57. The Kier molecular flexibility index (Phi) is 2.37. The number of fused-ring (bicyclic) bond motifs is 1. The fourth-order valence-corrected chi connectivity index (χ4v) is 1.19. The van der Waals surface area contributed by atoms with Gasteiger partial charge in [0.15, 0.2) is 5.58 Å². The summed E-state index contributed by atoms with van der Waals surface area (Å²) in [4.78, 5) is 4.21. The second kappa shape index (κ2) is 3.67. The van der Waals surface area contributed by atoms with Gasteiger partial charge in [0.25, 0.3) is 6.01 Å². The van der Waals surface area contributed by atoms with E-state index in [-0.39, 0.29) is 12.6 Å². The van der Waals surface area contributed by atoms with Crippen LogP contribution in [0.4, 0.5) is 6.01 Å². The Balaban J connectivity index is 2.27. The first-order valence-electron chi connectivity index (χ1n) is 4.52. The number of hydrogen-bond acceptors (Lipinski definition) is 4. The molecule has 0 aliphatic rings. The summed E-state index contributed by atoms with van der Waals surface area (Å²) in [5, 5.41) is 11.8. The van der Waals surface area contributed by atoms with Crippen molar-refractivity contribution in [1.29, 1.82) is 0 Å². The SMILES string of the molecule is C[C@@H](CO)Nc1nc2ccccc2o1. The van der Waals surface area contributed by atoms with Gasteiger partial charge in [-0.05, 0) is 19.1 Å². The van der Waals surface area contributed by atoms with Gasteiger partial charge >= 0.3 is 0 Å². The van der Waals surface area contributed by atoms with Gasteiger partial charge in [-0.2, -0.15) is 4.98 Å². The predicted octanol–water partition coefficient (Wildman–Crippen LogP) is 1.62. The molecule has 0 radical (unpaired) electrons. The molecule has 0 bridgehead atoms. The van der Waals surface area contributed by atoms with Crippen LogP contribution >= 0.6 is 0 Å². The molecule has 1 atom stereocenters. The molecule has 1 aromatic heterocycles. The number of aromatic nitrogens is 1. The van der Waals surface area contributed by atoms with Crippen LogP contribution in [-0.4, -0.2) is 22.7 Å². The number of oxazole rings is 1. The van der Waals surface area contributed by atoms with Crippen molar-refractivity contribution >= 4 is 17.1 Å².